The summed E-state index contributed by atoms with van der Waals surface area (Å²) in [5, 5.41) is 0.575. The minimum atomic E-state index is 0.117. The molecule has 0 saturated carbocycles. The molecule has 43 heavy (non-hydrogen) atoms. The Kier molecular flexibility index (Phi) is 8.05. The van der Waals surface area contributed by atoms with Gasteiger partial charge in [0.15, 0.2) is 0 Å². The van der Waals surface area contributed by atoms with Crippen molar-refractivity contribution < 1.29 is 4.74 Å². The van der Waals surface area contributed by atoms with Crippen molar-refractivity contribution in [3.8, 4) is 33.8 Å². The second-order valence-electron chi connectivity index (χ2n) is 11.6. The van der Waals surface area contributed by atoms with E-state index in [-0.39, 0.29) is 5.41 Å². The van der Waals surface area contributed by atoms with Crippen LogP contribution in [0.2, 0.25) is 5.02 Å². The van der Waals surface area contributed by atoms with E-state index in [1.807, 2.05) is 42.5 Å². The third kappa shape index (κ3) is 6.35. The maximum absolute atomic E-state index is 7.04. The number of hydrogen-bond acceptors (Lipinski definition) is 2. The van der Waals surface area contributed by atoms with E-state index < -0.39 is 0 Å². The first-order chi connectivity index (χ1) is 20.9. The summed E-state index contributed by atoms with van der Waals surface area (Å²) in [5.41, 5.74) is 8.81. The largest absolute Gasteiger partial charge is 0.456 e. The van der Waals surface area contributed by atoms with Crippen molar-refractivity contribution in [3.05, 3.63) is 162 Å². The minimum absolute atomic E-state index is 0.117. The van der Waals surface area contributed by atoms with Crippen molar-refractivity contribution in [1.82, 2.24) is 0 Å². The average molecular weight is 580 g/mol. The van der Waals surface area contributed by atoms with Crippen LogP contribution in [-0.4, -0.2) is 0 Å². The van der Waals surface area contributed by atoms with Gasteiger partial charge in [-0.25, -0.2) is 0 Å². The maximum Gasteiger partial charge on any atom is 0.146 e. The van der Waals surface area contributed by atoms with Gasteiger partial charge in [0.25, 0.3) is 0 Å². The first-order valence-electron chi connectivity index (χ1n) is 14.5. The number of rotatable bonds is 7. The topological polar surface area (TPSA) is 12.5 Å². The van der Waals surface area contributed by atoms with E-state index in [4.69, 9.17) is 16.3 Å². The smallest absolute Gasteiger partial charge is 0.146 e. The second kappa shape index (κ2) is 12.2. The molecule has 0 aromatic heterocycles. The summed E-state index contributed by atoms with van der Waals surface area (Å²) in [6.45, 7) is 6.69. The average Bonchev–Trinajstić information content (AvgIpc) is 3.03. The summed E-state index contributed by atoms with van der Waals surface area (Å²) in [5.74, 6) is 1.36. The van der Waals surface area contributed by atoms with Crippen LogP contribution in [0.4, 0.5) is 17.1 Å². The highest BCUT2D eigenvalue weighted by atomic mass is 35.5. The van der Waals surface area contributed by atoms with Gasteiger partial charge in [0.05, 0.1) is 5.02 Å². The SMILES string of the molecule is CC(C)(C)c1ccc(-c2cccc(Oc3cccc(-c4cccc(N(c5ccccc5)c5ccccc5)c4)c3Cl)c2)cc1. The highest BCUT2D eigenvalue weighted by Crippen LogP contribution is 2.41. The van der Waals surface area contributed by atoms with Gasteiger partial charge in [-0.05, 0) is 82.3 Å². The van der Waals surface area contributed by atoms with Gasteiger partial charge >= 0.3 is 0 Å². The lowest BCUT2D eigenvalue weighted by molar-refractivity contribution is 0.483. The van der Waals surface area contributed by atoms with Gasteiger partial charge < -0.3 is 9.64 Å². The zero-order valence-electron chi connectivity index (χ0n) is 24.7. The zero-order chi connectivity index (χ0) is 29.8. The lowest BCUT2D eigenvalue weighted by atomic mass is 9.86. The van der Waals surface area contributed by atoms with Crippen LogP contribution < -0.4 is 9.64 Å². The summed E-state index contributed by atoms with van der Waals surface area (Å²) in [7, 11) is 0. The third-order valence-corrected chi connectivity index (χ3v) is 7.94. The van der Waals surface area contributed by atoms with E-state index in [2.05, 4.69) is 135 Å². The maximum atomic E-state index is 7.04. The second-order valence-corrected chi connectivity index (χ2v) is 12.0. The molecule has 0 spiro atoms. The van der Waals surface area contributed by atoms with Crippen LogP contribution in [0.5, 0.6) is 11.5 Å². The van der Waals surface area contributed by atoms with Gasteiger partial charge in [0.2, 0.25) is 0 Å². The van der Waals surface area contributed by atoms with Crippen LogP contribution in [0.1, 0.15) is 26.3 Å². The standard InChI is InChI=1S/C40H34ClNO/c1-40(2,3)32-25-23-29(24-26-32)30-13-11-20-36(28-30)43-38-22-12-21-37(39(38)41)31-14-10-19-35(27-31)42(33-15-6-4-7-16-33)34-17-8-5-9-18-34/h4-28H,1-3H3. The molecule has 0 saturated heterocycles. The van der Waals surface area contributed by atoms with Gasteiger partial charge in [-0.15, -0.1) is 0 Å². The van der Waals surface area contributed by atoms with Gasteiger partial charge in [0.1, 0.15) is 11.5 Å². The number of ether oxygens (including phenoxy) is 1. The molecular weight excluding hydrogens is 546 g/mol. The number of para-hydroxylation sites is 2. The molecule has 0 radical (unpaired) electrons. The Bertz CT molecular complexity index is 1780. The molecule has 0 bridgehead atoms. The molecule has 0 amide bonds. The van der Waals surface area contributed by atoms with E-state index in [1.54, 1.807) is 0 Å². The van der Waals surface area contributed by atoms with Gasteiger partial charge in [0, 0.05) is 22.6 Å². The van der Waals surface area contributed by atoms with E-state index >= 15 is 0 Å². The number of nitrogens with zero attached hydrogens (tertiary/aromatic N) is 1. The monoisotopic (exact) mass is 579 g/mol. The van der Waals surface area contributed by atoms with Crippen LogP contribution in [0.3, 0.4) is 0 Å². The Balaban J connectivity index is 1.31. The van der Waals surface area contributed by atoms with Crippen LogP contribution >= 0.6 is 11.6 Å². The van der Waals surface area contributed by atoms with Gasteiger partial charge in [-0.1, -0.05) is 129 Å². The highest BCUT2D eigenvalue weighted by Gasteiger charge is 2.16. The van der Waals surface area contributed by atoms with E-state index in [0.29, 0.717) is 10.8 Å². The van der Waals surface area contributed by atoms with Crippen LogP contribution in [0.25, 0.3) is 22.3 Å². The molecule has 3 heteroatoms. The van der Waals surface area contributed by atoms with Crippen LogP contribution in [0, 0.1) is 0 Å². The van der Waals surface area contributed by atoms with Crippen molar-refractivity contribution >= 4 is 28.7 Å². The summed E-state index contributed by atoms with van der Waals surface area (Å²) in [4.78, 5) is 2.25. The molecule has 0 aliphatic heterocycles. The van der Waals surface area contributed by atoms with Crippen molar-refractivity contribution in [3.63, 3.8) is 0 Å². The Hall–Kier alpha value is -4.79. The number of halogens is 1. The fourth-order valence-corrected chi connectivity index (χ4v) is 5.53. The summed E-state index contributed by atoms with van der Waals surface area (Å²) in [6, 6.07) is 52.1. The predicted octanol–water partition coefficient (Wildman–Crippen LogP) is 12.2. The number of anilines is 3. The van der Waals surface area contributed by atoms with Gasteiger partial charge in [-0.3, -0.25) is 0 Å². The van der Waals surface area contributed by atoms with Gasteiger partial charge in [-0.2, -0.15) is 0 Å². The molecule has 0 heterocycles. The van der Waals surface area contributed by atoms with Crippen molar-refractivity contribution in [2.24, 2.45) is 0 Å². The molecule has 2 nitrogen and oxygen atoms in total. The van der Waals surface area contributed by atoms with E-state index in [0.717, 1.165) is 45.1 Å². The molecule has 0 atom stereocenters. The predicted molar refractivity (Wildman–Crippen MR) is 182 cm³/mol. The molecule has 0 aliphatic rings. The first kappa shape index (κ1) is 28.3. The normalized spacial score (nSPS) is 11.3. The van der Waals surface area contributed by atoms with Crippen molar-refractivity contribution in [1.29, 1.82) is 0 Å². The summed E-state index contributed by atoms with van der Waals surface area (Å²) >= 11 is 7.04. The lowest BCUT2D eigenvalue weighted by Gasteiger charge is -2.26. The molecular formula is C40H34ClNO. The molecule has 0 aliphatic carbocycles. The fraction of sp³-hybridized carbons (Fsp3) is 0.100. The minimum Gasteiger partial charge on any atom is -0.456 e. The highest BCUT2D eigenvalue weighted by molar-refractivity contribution is 6.34. The summed E-state index contributed by atoms with van der Waals surface area (Å²) < 4.78 is 6.39. The Labute approximate surface area is 259 Å². The number of hydrogen-bond donors (Lipinski definition) is 0. The number of benzene rings is 6. The molecule has 212 valence electrons. The first-order valence-corrected chi connectivity index (χ1v) is 14.9. The molecule has 0 unspecified atom stereocenters. The fourth-order valence-electron chi connectivity index (χ4n) is 5.26. The van der Waals surface area contributed by atoms with Crippen molar-refractivity contribution in [2.75, 3.05) is 4.90 Å². The molecule has 0 fully saturated rings. The Morgan fingerprint density at radius 1 is 0.512 bits per heavy atom. The van der Waals surface area contributed by atoms with Crippen LogP contribution in [0.15, 0.2) is 152 Å². The molecule has 0 N–H and O–H groups in total. The van der Waals surface area contributed by atoms with Crippen molar-refractivity contribution in [2.45, 2.75) is 26.2 Å². The lowest BCUT2D eigenvalue weighted by Crippen LogP contribution is -2.10. The third-order valence-electron chi connectivity index (χ3n) is 7.55. The van der Waals surface area contributed by atoms with E-state index in [9.17, 15) is 0 Å². The van der Waals surface area contributed by atoms with E-state index in [1.165, 1.54) is 5.56 Å². The zero-order valence-corrected chi connectivity index (χ0v) is 25.4. The van der Waals surface area contributed by atoms with Crippen LogP contribution in [-0.2, 0) is 5.41 Å². The quantitative estimate of drug-likeness (QED) is 0.186. The molecule has 6 aromatic carbocycles. The Morgan fingerprint density at radius 3 is 1.74 bits per heavy atom. The molecule has 6 rings (SSSR count). The Morgan fingerprint density at radius 2 is 1.09 bits per heavy atom. The summed E-state index contributed by atoms with van der Waals surface area (Å²) in [6.07, 6.45) is 0. The molecule has 6 aromatic rings.